The van der Waals surface area contributed by atoms with Gasteiger partial charge in [0.25, 0.3) is 0 Å². The van der Waals surface area contributed by atoms with E-state index in [1.54, 1.807) is 0 Å². The van der Waals surface area contributed by atoms with Gasteiger partial charge in [-0.05, 0) is 19.3 Å². The zero-order chi connectivity index (χ0) is 4.62. The van der Waals surface area contributed by atoms with Gasteiger partial charge in [0.15, 0.2) is 5.79 Å². The summed E-state index contributed by atoms with van der Waals surface area (Å²) in [7, 11) is 0. The Balaban J connectivity index is 0.000000360. The fourth-order valence-electron chi connectivity index (χ4n) is 0.515. The summed E-state index contributed by atoms with van der Waals surface area (Å²) in [6.07, 6.45) is 2.09. The molecule has 0 bridgehead atoms. The van der Waals surface area contributed by atoms with Crippen molar-refractivity contribution in [3.05, 3.63) is 0 Å². The molecule has 0 spiro atoms. The lowest BCUT2D eigenvalue weighted by molar-refractivity contribution is 0.0715. The van der Waals surface area contributed by atoms with Gasteiger partial charge >= 0.3 is 0 Å². The van der Waals surface area contributed by atoms with E-state index in [1.165, 1.54) is 0 Å². The second-order valence-corrected chi connectivity index (χ2v) is 1.89. The number of nitrogens with two attached hydrogens (primary N) is 1. The molecule has 0 radical (unpaired) electrons. The molecule has 44 valence electrons. The Morgan fingerprint density at radius 1 is 1.43 bits per heavy atom. The van der Waals surface area contributed by atoms with Crippen LogP contribution in [0.5, 0.6) is 0 Å². The summed E-state index contributed by atoms with van der Waals surface area (Å²) in [6, 6.07) is 0. The predicted octanol–water partition coefficient (Wildman–Crippen LogP) is 1.22. The molecule has 2 N–H and O–H groups in total. The van der Waals surface area contributed by atoms with Crippen LogP contribution in [0.4, 0.5) is 4.39 Å². The van der Waals surface area contributed by atoms with Gasteiger partial charge in [0, 0.05) is 0 Å². The second-order valence-electron chi connectivity index (χ2n) is 1.89. The highest BCUT2D eigenvalue weighted by molar-refractivity contribution is 5.85. The first-order valence-electron chi connectivity index (χ1n) is 2.18. The van der Waals surface area contributed by atoms with Gasteiger partial charge in [-0.2, -0.15) is 0 Å². The smallest absolute Gasteiger partial charge is 0.159 e. The fourth-order valence-corrected chi connectivity index (χ4v) is 0.515. The van der Waals surface area contributed by atoms with Crippen molar-refractivity contribution >= 4 is 12.4 Å². The third kappa shape index (κ3) is 1.61. The number of alkyl halides is 1. The van der Waals surface area contributed by atoms with Crippen molar-refractivity contribution in [3.63, 3.8) is 0 Å². The molecule has 0 aliphatic heterocycles. The highest BCUT2D eigenvalue weighted by atomic mass is 35.5. The molecule has 1 rings (SSSR count). The van der Waals surface area contributed by atoms with E-state index in [4.69, 9.17) is 5.73 Å². The van der Waals surface area contributed by atoms with E-state index in [2.05, 4.69) is 0 Å². The molecular formula is C4H9ClFN. The molecule has 0 aromatic carbocycles. The molecule has 0 amide bonds. The predicted molar refractivity (Wildman–Crippen MR) is 29.1 cm³/mol. The van der Waals surface area contributed by atoms with Gasteiger partial charge in [-0.1, -0.05) is 0 Å². The van der Waals surface area contributed by atoms with Crippen LogP contribution >= 0.6 is 12.4 Å². The van der Waals surface area contributed by atoms with E-state index < -0.39 is 5.79 Å². The molecule has 0 heterocycles. The molecule has 7 heavy (non-hydrogen) atoms. The van der Waals surface area contributed by atoms with Gasteiger partial charge in [-0.25, -0.2) is 4.39 Å². The third-order valence-electron chi connectivity index (χ3n) is 1.18. The van der Waals surface area contributed by atoms with Gasteiger partial charge < -0.3 is 0 Å². The summed E-state index contributed by atoms with van der Waals surface area (Å²) < 4.78 is 12.0. The van der Waals surface area contributed by atoms with Crippen molar-refractivity contribution in [1.29, 1.82) is 0 Å². The SMILES string of the molecule is Cl.NC1(F)CCC1. The lowest BCUT2D eigenvalue weighted by atomic mass is 9.91. The summed E-state index contributed by atoms with van der Waals surface area (Å²) in [5.74, 6) is -1.28. The van der Waals surface area contributed by atoms with Crippen LogP contribution in [0.25, 0.3) is 0 Å². The molecule has 3 heteroatoms. The van der Waals surface area contributed by atoms with Crippen LogP contribution in [0.1, 0.15) is 19.3 Å². The van der Waals surface area contributed by atoms with Crippen LogP contribution in [0.15, 0.2) is 0 Å². The van der Waals surface area contributed by atoms with Crippen LogP contribution in [0.2, 0.25) is 0 Å². The highest BCUT2D eigenvalue weighted by Crippen LogP contribution is 2.29. The minimum absolute atomic E-state index is 0. The van der Waals surface area contributed by atoms with Crippen LogP contribution in [-0.2, 0) is 0 Å². The minimum Gasteiger partial charge on any atom is -0.299 e. The minimum atomic E-state index is -1.28. The van der Waals surface area contributed by atoms with Crippen LogP contribution in [0, 0.1) is 0 Å². The van der Waals surface area contributed by atoms with Crippen LogP contribution in [0.3, 0.4) is 0 Å². The quantitative estimate of drug-likeness (QED) is 0.484. The normalized spacial score (nSPS) is 24.9. The zero-order valence-electron chi connectivity index (χ0n) is 3.98. The van der Waals surface area contributed by atoms with Crippen LogP contribution in [-0.4, -0.2) is 5.79 Å². The zero-order valence-corrected chi connectivity index (χ0v) is 4.80. The highest BCUT2D eigenvalue weighted by Gasteiger charge is 2.31. The van der Waals surface area contributed by atoms with Crippen molar-refractivity contribution in [3.8, 4) is 0 Å². The van der Waals surface area contributed by atoms with Crippen molar-refractivity contribution in [1.82, 2.24) is 0 Å². The molecule has 1 saturated carbocycles. The standard InChI is InChI=1S/C4H8FN.ClH/c5-4(6)2-1-3-4;/h1-3,6H2;1H. The summed E-state index contributed by atoms with van der Waals surface area (Å²) in [5, 5.41) is 0. The van der Waals surface area contributed by atoms with Gasteiger partial charge in [-0.3, -0.25) is 5.73 Å². The number of hydrogen-bond donors (Lipinski definition) is 1. The van der Waals surface area contributed by atoms with Crippen LogP contribution < -0.4 is 5.73 Å². The lowest BCUT2D eigenvalue weighted by Crippen LogP contribution is -2.41. The Bertz CT molecular complexity index is 58.7. The van der Waals surface area contributed by atoms with Crippen molar-refractivity contribution in [2.24, 2.45) is 5.73 Å². The van der Waals surface area contributed by atoms with E-state index in [9.17, 15) is 4.39 Å². The molecular weight excluding hydrogens is 117 g/mol. The first-order chi connectivity index (χ1) is 2.71. The van der Waals surface area contributed by atoms with Crippen molar-refractivity contribution in [2.75, 3.05) is 0 Å². The third-order valence-corrected chi connectivity index (χ3v) is 1.18. The van der Waals surface area contributed by atoms with Gasteiger partial charge in [-0.15, -0.1) is 12.4 Å². The van der Waals surface area contributed by atoms with Gasteiger partial charge in [0.2, 0.25) is 0 Å². The molecule has 0 aromatic rings. The Kier molecular flexibility index (Phi) is 2.02. The Hall–Kier alpha value is 0.180. The maximum atomic E-state index is 12.0. The first-order valence-corrected chi connectivity index (χ1v) is 2.18. The number of rotatable bonds is 0. The Morgan fingerprint density at radius 2 is 1.71 bits per heavy atom. The first kappa shape index (κ1) is 7.18. The Morgan fingerprint density at radius 3 is 1.71 bits per heavy atom. The summed E-state index contributed by atoms with van der Waals surface area (Å²) in [6.45, 7) is 0. The summed E-state index contributed by atoms with van der Waals surface area (Å²) in [5.41, 5.74) is 4.95. The number of halogens is 2. The van der Waals surface area contributed by atoms with Gasteiger partial charge in [0.1, 0.15) is 0 Å². The van der Waals surface area contributed by atoms with Crippen molar-refractivity contribution in [2.45, 2.75) is 25.1 Å². The molecule has 0 aromatic heterocycles. The molecule has 1 aliphatic rings. The molecule has 1 nitrogen and oxygen atoms in total. The maximum absolute atomic E-state index is 12.0. The molecule has 0 unspecified atom stereocenters. The molecule has 1 aliphatic carbocycles. The largest absolute Gasteiger partial charge is 0.299 e. The van der Waals surface area contributed by atoms with E-state index in [0.717, 1.165) is 6.42 Å². The second kappa shape index (κ2) is 1.97. The lowest BCUT2D eigenvalue weighted by Gasteiger charge is -2.28. The summed E-state index contributed by atoms with van der Waals surface area (Å²) >= 11 is 0. The monoisotopic (exact) mass is 125 g/mol. The van der Waals surface area contributed by atoms with E-state index in [0.29, 0.717) is 12.8 Å². The maximum Gasteiger partial charge on any atom is 0.159 e. The number of hydrogen-bond acceptors (Lipinski definition) is 1. The van der Waals surface area contributed by atoms with E-state index >= 15 is 0 Å². The Labute approximate surface area is 48.5 Å². The topological polar surface area (TPSA) is 26.0 Å². The summed E-state index contributed by atoms with van der Waals surface area (Å²) in [4.78, 5) is 0. The average molecular weight is 126 g/mol. The van der Waals surface area contributed by atoms with E-state index in [1.807, 2.05) is 0 Å². The van der Waals surface area contributed by atoms with E-state index in [-0.39, 0.29) is 12.4 Å². The molecule has 0 saturated heterocycles. The molecule has 1 fully saturated rings. The average Bonchev–Trinajstić information content (AvgIpc) is 1.32. The van der Waals surface area contributed by atoms with Gasteiger partial charge in [0.05, 0.1) is 0 Å². The fraction of sp³-hybridized carbons (Fsp3) is 1.00. The molecule has 0 atom stereocenters. The van der Waals surface area contributed by atoms with Crippen molar-refractivity contribution < 1.29 is 4.39 Å².